The van der Waals surface area contributed by atoms with Crippen LogP contribution in [-0.2, 0) is 6.54 Å². The third-order valence-corrected chi connectivity index (χ3v) is 4.78. The van der Waals surface area contributed by atoms with Gasteiger partial charge < -0.3 is 10.6 Å². The third-order valence-electron chi connectivity index (χ3n) is 2.86. The lowest BCUT2D eigenvalue weighted by molar-refractivity contribution is 0.0963. The molecule has 0 spiro atoms. The summed E-state index contributed by atoms with van der Waals surface area (Å²) in [6.45, 7) is 2.77. The molecule has 0 radical (unpaired) electrons. The van der Waals surface area contributed by atoms with E-state index in [9.17, 15) is 4.79 Å². The predicted molar refractivity (Wildman–Crippen MR) is 83.9 cm³/mol. The van der Waals surface area contributed by atoms with Gasteiger partial charge in [0.05, 0.1) is 6.54 Å². The maximum absolute atomic E-state index is 11.6. The summed E-state index contributed by atoms with van der Waals surface area (Å²) >= 11 is 5.21. The van der Waals surface area contributed by atoms with Gasteiger partial charge in [-0.2, -0.15) is 0 Å². The highest BCUT2D eigenvalue weighted by Crippen LogP contribution is 2.25. The molecule has 1 amide bonds. The molecule has 2 aromatic rings. The quantitative estimate of drug-likeness (QED) is 0.890. The first-order chi connectivity index (χ1) is 9.11. The summed E-state index contributed by atoms with van der Waals surface area (Å²) in [5, 5.41) is 8.06. The first kappa shape index (κ1) is 14.1. The summed E-state index contributed by atoms with van der Waals surface area (Å²) in [7, 11) is 1.64. The summed E-state index contributed by atoms with van der Waals surface area (Å²) in [6.07, 6.45) is 0. The largest absolute Gasteiger partial charge is 0.380 e. The highest BCUT2D eigenvalue weighted by molar-refractivity contribution is 9.10. The number of carbonyl (C=O) groups is 1. The number of thiophene rings is 1. The number of aryl methyl sites for hydroxylation is 1. The molecule has 0 fully saturated rings. The fourth-order valence-electron chi connectivity index (χ4n) is 1.72. The molecule has 0 aliphatic heterocycles. The first-order valence-corrected chi connectivity index (χ1v) is 7.57. The molecule has 1 heterocycles. The molecule has 5 heteroatoms. The van der Waals surface area contributed by atoms with Crippen molar-refractivity contribution in [2.75, 3.05) is 12.4 Å². The fraction of sp³-hybridized carbons (Fsp3) is 0.214. The summed E-state index contributed by atoms with van der Waals surface area (Å²) in [5.74, 6) is -0.0691. The van der Waals surface area contributed by atoms with Gasteiger partial charge in [-0.25, -0.2) is 0 Å². The van der Waals surface area contributed by atoms with Crippen LogP contribution in [0.15, 0.2) is 34.1 Å². The molecule has 3 nitrogen and oxygen atoms in total. The third kappa shape index (κ3) is 3.36. The second-order valence-electron chi connectivity index (χ2n) is 4.15. The second-order valence-corrected chi connectivity index (χ2v) is 6.01. The van der Waals surface area contributed by atoms with Gasteiger partial charge in [-0.15, -0.1) is 11.3 Å². The summed E-state index contributed by atoms with van der Waals surface area (Å²) < 4.78 is 1.12. The molecular formula is C14H15BrN2OS. The second kappa shape index (κ2) is 6.21. The minimum Gasteiger partial charge on any atom is -0.380 e. The van der Waals surface area contributed by atoms with E-state index in [1.165, 1.54) is 4.88 Å². The van der Waals surface area contributed by atoms with Crippen molar-refractivity contribution < 1.29 is 4.79 Å². The van der Waals surface area contributed by atoms with Crippen molar-refractivity contribution in [2.45, 2.75) is 13.5 Å². The molecule has 0 unspecified atom stereocenters. The number of hydrogen-bond donors (Lipinski definition) is 2. The summed E-state index contributed by atoms with van der Waals surface area (Å²) in [6, 6.07) is 7.71. The molecule has 0 aliphatic carbocycles. The molecule has 0 saturated carbocycles. The Morgan fingerprint density at radius 3 is 2.79 bits per heavy atom. The number of halogens is 1. The van der Waals surface area contributed by atoms with E-state index in [1.807, 2.05) is 31.2 Å². The highest BCUT2D eigenvalue weighted by atomic mass is 79.9. The van der Waals surface area contributed by atoms with Crippen molar-refractivity contribution in [3.8, 4) is 0 Å². The van der Waals surface area contributed by atoms with Gasteiger partial charge in [-0.1, -0.05) is 6.07 Å². The van der Waals surface area contributed by atoms with Crippen LogP contribution in [-0.4, -0.2) is 13.0 Å². The number of anilines is 1. The van der Waals surface area contributed by atoms with Crippen molar-refractivity contribution in [2.24, 2.45) is 0 Å². The Bertz CT molecular complexity index is 595. The van der Waals surface area contributed by atoms with Crippen LogP contribution in [0.25, 0.3) is 0 Å². The van der Waals surface area contributed by atoms with Crippen molar-refractivity contribution in [3.63, 3.8) is 0 Å². The van der Waals surface area contributed by atoms with Crippen LogP contribution in [0.3, 0.4) is 0 Å². The number of rotatable bonds is 4. The zero-order valence-corrected chi connectivity index (χ0v) is 13.2. The van der Waals surface area contributed by atoms with Gasteiger partial charge in [0, 0.05) is 27.6 Å². The molecule has 0 saturated heterocycles. The number of benzene rings is 1. The number of amides is 1. The molecule has 1 aromatic heterocycles. The molecule has 2 rings (SSSR count). The van der Waals surface area contributed by atoms with E-state index >= 15 is 0 Å². The van der Waals surface area contributed by atoms with Crippen LogP contribution >= 0.6 is 27.3 Å². The smallest absolute Gasteiger partial charge is 0.251 e. The van der Waals surface area contributed by atoms with E-state index in [0.29, 0.717) is 5.56 Å². The Morgan fingerprint density at radius 1 is 1.37 bits per heavy atom. The predicted octanol–water partition coefficient (Wildman–Crippen LogP) is 3.79. The van der Waals surface area contributed by atoms with Gasteiger partial charge >= 0.3 is 0 Å². The topological polar surface area (TPSA) is 41.1 Å². The van der Waals surface area contributed by atoms with Crippen LogP contribution in [0, 0.1) is 6.92 Å². The van der Waals surface area contributed by atoms with Crippen molar-refractivity contribution in [1.29, 1.82) is 0 Å². The van der Waals surface area contributed by atoms with Crippen molar-refractivity contribution in [3.05, 3.63) is 50.1 Å². The van der Waals surface area contributed by atoms with Gasteiger partial charge in [0.15, 0.2) is 0 Å². The molecule has 1 aromatic carbocycles. The Hall–Kier alpha value is -1.33. The fourth-order valence-corrected chi connectivity index (χ4v) is 3.16. The van der Waals surface area contributed by atoms with Crippen LogP contribution < -0.4 is 10.6 Å². The molecule has 19 heavy (non-hydrogen) atoms. The van der Waals surface area contributed by atoms with E-state index in [1.54, 1.807) is 18.4 Å². The summed E-state index contributed by atoms with van der Waals surface area (Å²) in [5.41, 5.74) is 2.78. The van der Waals surface area contributed by atoms with Crippen molar-refractivity contribution in [1.82, 2.24) is 5.32 Å². The summed E-state index contributed by atoms with van der Waals surface area (Å²) in [4.78, 5) is 12.9. The van der Waals surface area contributed by atoms with Gasteiger partial charge in [-0.05, 0) is 52.0 Å². The Kier molecular flexibility index (Phi) is 4.61. The van der Waals surface area contributed by atoms with Gasteiger partial charge in [0.1, 0.15) is 0 Å². The van der Waals surface area contributed by atoms with Crippen LogP contribution in [0.1, 0.15) is 20.8 Å². The molecule has 0 aliphatic rings. The maximum atomic E-state index is 11.6. The number of carbonyl (C=O) groups excluding carboxylic acids is 1. The van der Waals surface area contributed by atoms with Crippen LogP contribution in [0.2, 0.25) is 0 Å². The molecule has 100 valence electrons. The van der Waals surface area contributed by atoms with Gasteiger partial charge in [0.2, 0.25) is 0 Å². The van der Waals surface area contributed by atoms with E-state index in [2.05, 4.69) is 31.9 Å². The van der Waals surface area contributed by atoms with Crippen LogP contribution in [0.4, 0.5) is 5.69 Å². The monoisotopic (exact) mass is 338 g/mol. The minimum atomic E-state index is -0.0691. The van der Waals surface area contributed by atoms with E-state index in [-0.39, 0.29) is 5.91 Å². The number of nitrogens with one attached hydrogen (secondary N) is 2. The lowest BCUT2D eigenvalue weighted by Gasteiger charge is -2.11. The Morgan fingerprint density at radius 2 is 2.16 bits per heavy atom. The normalized spacial score (nSPS) is 10.3. The maximum Gasteiger partial charge on any atom is 0.251 e. The minimum absolute atomic E-state index is 0.0691. The SMILES string of the molecule is CNC(=O)c1ccc(C)c(NCc2sccc2Br)c1. The highest BCUT2D eigenvalue weighted by Gasteiger charge is 2.07. The lowest BCUT2D eigenvalue weighted by atomic mass is 10.1. The zero-order valence-electron chi connectivity index (χ0n) is 10.8. The molecule has 0 atom stereocenters. The molecule has 2 N–H and O–H groups in total. The van der Waals surface area contributed by atoms with Gasteiger partial charge in [-0.3, -0.25) is 4.79 Å². The Balaban J connectivity index is 2.15. The average Bonchev–Trinajstić information content (AvgIpc) is 2.82. The van der Waals surface area contributed by atoms with E-state index < -0.39 is 0 Å². The van der Waals surface area contributed by atoms with Gasteiger partial charge in [0.25, 0.3) is 5.91 Å². The lowest BCUT2D eigenvalue weighted by Crippen LogP contribution is -2.18. The molecule has 0 bridgehead atoms. The molecular weight excluding hydrogens is 324 g/mol. The average molecular weight is 339 g/mol. The Labute approximate surface area is 125 Å². The van der Waals surface area contributed by atoms with E-state index in [4.69, 9.17) is 0 Å². The van der Waals surface area contributed by atoms with Crippen molar-refractivity contribution >= 4 is 38.9 Å². The van der Waals surface area contributed by atoms with E-state index in [0.717, 1.165) is 22.3 Å². The zero-order chi connectivity index (χ0) is 13.8. The van der Waals surface area contributed by atoms with Crippen LogP contribution in [0.5, 0.6) is 0 Å². The standard InChI is InChI=1S/C14H15BrN2OS/c1-9-3-4-10(14(18)16-2)7-12(9)17-8-13-11(15)5-6-19-13/h3-7,17H,8H2,1-2H3,(H,16,18). The number of hydrogen-bond acceptors (Lipinski definition) is 3. The first-order valence-electron chi connectivity index (χ1n) is 5.90.